The number of carbonyl (C=O) groups is 1. The largest absolute Gasteiger partial charge is 0.440 e. The molecule has 0 spiro atoms. The maximum atomic E-state index is 12.6. The van der Waals surface area contributed by atoms with E-state index in [0.29, 0.717) is 30.4 Å². The average Bonchev–Trinajstić information content (AvgIpc) is 3.39. The summed E-state index contributed by atoms with van der Waals surface area (Å²) in [4.78, 5) is 18.2. The van der Waals surface area contributed by atoms with E-state index in [0.717, 1.165) is 10.4 Å². The Morgan fingerprint density at radius 1 is 1.19 bits per heavy atom. The van der Waals surface area contributed by atoms with Gasteiger partial charge in [0.2, 0.25) is 21.8 Å². The number of oxazole rings is 1. The molecule has 9 heteroatoms. The van der Waals surface area contributed by atoms with Crippen molar-refractivity contribution in [3.63, 3.8) is 0 Å². The van der Waals surface area contributed by atoms with Crippen LogP contribution in [-0.4, -0.2) is 36.7 Å². The zero-order chi connectivity index (χ0) is 22.6. The van der Waals surface area contributed by atoms with Gasteiger partial charge in [0.05, 0.1) is 27.9 Å². The van der Waals surface area contributed by atoms with Gasteiger partial charge in [-0.3, -0.25) is 4.79 Å². The highest BCUT2D eigenvalue weighted by molar-refractivity contribution is 7.89. The van der Waals surface area contributed by atoms with Crippen LogP contribution in [0.15, 0.2) is 51.1 Å². The predicted octanol–water partition coefficient (Wildman–Crippen LogP) is 4.16. The number of thiophene rings is 1. The first-order chi connectivity index (χ1) is 14.8. The lowest BCUT2D eigenvalue weighted by Crippen LogP contribution is -2.31. The van der Waals surface area contributed by atoms with Gasteiger partial charge < -0.3 is 9.73 Å². The first kappa shape index (κ1) is 23.2. The molecule has 166 valence electrons. The summed E-state index contributed by atoms with van der Waals surface area (Å²) in [6, 6.07) is 10.2. The van der Waals surface area contributed by atoms with Crippen LogP contribution in [0.25, 0.3) is 10.8 Å². The first-order valence-corrected chi connectivity index (χ1v) is 12.5. The van der Waals surface area contributed by atoms with Crippen molar-refractivity contribution in [2.75, 3.05) is 13.1 Å². The Bertz CT molecular complexity index is 1120. The van der Waals surface area contributed by atoms with E-state index in [2.05, 4.69) is 10.3 Å². The Morgan fingerprint density at radius 2 is 1.87 bits per heavy atom. The molecule has 1 atom stereocenters. The fourth-order valence-electron chi connectivity index (χ4n) is 3.27. The Hall–Kier alpha value is -2.49. The summed E-state index contributed by atoms with van der Waals surface area (Å²) in [5, 5.41) is 4.89. The van der Waals surface area contributed by atoms with E-state index in [1.54, 1.807) is 31.2 Å². The molecule has 3 aromatic rings. The summed E-state index contributed by atoms with van der Waals surface area (Å²) in [5.74, 6) is 0.965. The van der Waals surface area contributed by atoms with Crippen molar-refractivity contribution < 1.29 is 17.6 Å². The SMILES string of the molecule is CCN(CC)S(=O)(=O)c1ccc(C(C)NC(=O)Cc2nc(-c3cccs3)oc2C)cc1. The number of nitrogens with zero attached hydrogens (tertiary/aromatic N) is 2. The third-order valence-electron chi connectivity index (χ3n) is 5.05. The summed E-state index contributed by atoms with van der Waals surface area (Å²) in [6.45, 7) is 8.12. The number of hydrogen-bond donors (Lipinski definition) is 1. The van der Waals surface area contributed by atoms with Crippen LogP contribution in [0.2, 0.25) is 0 Å². The molecule has 0 aliphatic heterocycles. The van der Waals surface area contributed by atoms with E-state index < -0.39 is 10.0 Å². The topological polar surface area (TPSA) is 92.5 Å². The Balaban J connectivity index is 1.65. The van der Waals surface area contributed by atoms with E-state index in [4.69, 9.17) is 4.42 Å². The maximum Gasteiger partial charge on any atom is 0.243 e. The molecule has 7 nitrogen and oxygen atoms in total. The van der Waals surface area contributed by atoms with Crippen molar-refractivity contribution in [2.24, 2.45) is 0 Å². The predicted molar refractivity (Wildman–Crippen MR) is 121 cm³/mol. The van der Waals surface area contributed by atoms with Crippen molar-refractivity contribution in [3.8, 4) is 10.8 Å². The molecule has 2 heterocycles. The molecule has 0 aliphatic rings. The first-order valence-electron chi connectivity index (χ1n) is 10.2. The molecule has 1 unspecified atom stereocenters. The number of amides is 1. The van der Waals surface area contributed by atoms with Crippen LogP contribution in [0.1, 0.15) is 43.8 Å². The third kappa shape index (κ3) is 5.23. The molecule has 0 bridgehead atoms. The minimum Gasteiger partial charge on any atom is -0.440 e. The lowest BCUT2D eigenvalue weighted by atomic mass is 10.1. The summed E-state index contributed by atoms with van der Waals surface area (Å²) in [6.07, 6.45) is 0.111. The lowest BCUT2D eigenvalue weighted by Gasteiger charge is -2.19. The molecule has 0 fully saturated rings. The maximum absolute atomic E-state index is 12.6. The molecular formula is C22H27N3O4S2. The highest BCUT2D eigenvalue weighted by Gasteiger charge is 2.22. The highest BCUT2D eigenvalue weighted by Crippen LogP contribution is 2.26. The number of sulfonamides is 1. The van der Waals surface area contributed by atoms with Crippen LogP contribution in [-0.2, 0) is 21.2 Å². The van der Waals surface area contributed by atoms with Gasteiger partial charge in [-0.05, 0) is 43.0 Å². The molecule has 31 heavy (non-hydrogen) atoms. The fraction of sp³-hybridized carbons (Fsp3) is 0.364. The molecule has 1 N–H and O–H groups in total. The Kier molecular flexibility index (Phi) is 7.30. The monoisotopic (exact) mass is 461 g/mol. The molecule has 0 saturated heterocycles. The zero-order valence-corrected chi connectivity index (χ0v) is 19.7. The van der Waals surface area contributed by atoms with Gasteiger partial charge in [-0.15, -0.1) is 11.3 Å². The summed E-state index contributed by atoms with van der Waals surface area (Å²) >= 11 is 1.53. The van der Waals surface area contributed by atoms with E-state index in [9.17, 15) is 13.2 Å². The van der Waals surface area contributed by atoms with Crippen LogP contribution in [0.5, 0.6) is 0 Å². The fourth-order valence-corrected chi connectivity index (χ4v) is 5.37. The smallest absolute Gasteiger partial charge is 0.243 e. The van der Waals surface area contributed by atoms with Gasteiger partial charge in [-0.2, -0.15) is 4.31 Å². The molecule has 0 saturated carbocycles. The highest BCUT2D eigenvalue weighted by atomic mass is 32.2. The summed E-state index contributed by atoms with van der Waals surface area (Å²) in [5.41, 5.74) is 1.43. The Labute approximate surface area is 187 Å². The van der Waals surface area contributed by atoms with Crippen LogP contribution < -0.4 is 5.32 Å². The van der Waals surface area contributed by atoms with Crippen molar-refractivity contribution in [1.29, 1.82) is 0 Å². The van der Waals surface area contributed by atoms with Gasteiger partial charge in [0.25, 0.3) is 0 Å². The minimum atomic E-state index is -3.50. The van der Waals surface area contributed by atoms with Crippen molar-refractivity contribution >= 4 is 27.3 Å². The number of hydrogen-bond acceptors (Lipinski definition) is 6. The lowest BCUT2D eigenvalue weighted by molar-refractivity contribution is -0.121. The van der Waals surface area contributed by atoms with Crippen LogP contribution in [0, 0.1) is 6.92 Å². The van der Waals surface area contributed by atoms with Crippen molar-refractivity contribution in [1.82, 2.24) is 14.6 Å². The number of benzene rings is 1. The second-order valence-electron chi connectivity index (χ2n) is 7.12. The minimum absolute atomic E-state index is 0.111. The third-order valence-corrected chi connectivity index (χ3v) is 7.98. The van der Waals surface area contributed by atoms with Crippen LogP contribution in [0.3, 0.4) is 0 Å². The number of carbonyl (C=O) groups excluding carboxylic acids is 1. The molecule has 1 aromatic carbocycles. The summed E-state index contributed by atoms with van der Waals surface area (Å²) in [7, 11) is -3.50. The van der Waals surface area contributed by atoms with Gasteiger partial charge >= 0.3 is 0 Å². The number of rotatable bonds is 9. The molecule has 0 aliphatic carbocycles. The van der Waals surface area contributed by atoms with Gasteiger partial charge in [0.1, 0.15) is 5.76 Å². The second kappa shape index (κ2) is 9.76. The van der Waals surface area contributed by atoms with E-state index in [-0.39, 0.29) is 23.3 Å². The van der Waals surface area contributed by atoms with E-state index in [1.165, 1.54) is 15.6 Å². The van der Waals surface area contributed by atoms with Crippen LogP contribution in [0.4, 0.5) is 0 Å². The second-order valence-corrected chi connectivity index (χ2v) is 10.0. The molecular weight excluding hydrogens is 434 g/mol. The van der Waals surface area contributed by atoms with Crippen LogP contribution >= 0.6 is 11.3 Å². The quantitative estimate of drug-likeness (QED) is 0.516. The van der Waals surface area contributed by atoms with Gasteiger partial charge in [0.15, 0.2) is 0 Å². The number of aryl methyl sites for hydroxylation is 1. The molecule has 2 aromatic heterocycles. The van der Waals surface area contributed by atoms with E-state index in [1.807, 2.05) is 38.3 Å². The molecule has 1 amide bonds. The number of aromatic nitrogens is 1. The standard InChI is InChI=1S/C22H27N3O4S2/c1-5-25(6-2)31(27,28)18-11-9-17(10-12-18)15(3)23-21(26)14-19-16(4)29-22(24-19)20-8-7-13-30-20/h7-13,15H,5-6,14H2,1-4H3,(H,23,26). The Morgan fingerprint density at radius 3 is 2.45 bits per heavy atom. The summed E-state index contributed by atoms with van der Waals surface area (Å²) < 4.78 is 32.3. The van der Waals surface area contributed by atoms with Crippen molar-refractivity contribution in [3.05, 3.63) is 58.8 Å². The molecule has 3 rings (SSSR count). The van der Waals surface area contributed by atoms with Gasteiger partial charge in [-0.25, -0.2) is 13.4 Å². The van der Waals surface area contributed by atoms with Crippen molar-refractivity contribution in [2.45, 2.75) is 45.1 Å². The van der Waals surface area contributed by atoms with Gasteiger partial charge in [0, 0.05) is 13.1 Å². The number of nitrogens with one attached hydrogen (secondary N) is 1. The normalized spacial score (nSPS) is 12.8. The van der Waals surface area contributed by atoms with Gasteiger partial charge in [-0.1, -0.05) is 32.0 Å². The molecule has 0 radical (unpaired) electrons. The zero-order valence-electron chi connectivity index (χ0n) is 18.1. The van der Waals surface area contributed by atoms with E-state index >= 15 is 0 Å². The average molecular weight is 462 g/mol.